The first-order valence-corrected chi connectivity index (χ1v) is 5.63. The summed E-state index contributed by atoms with van der Waals surface area (Å²) in [4.78, 5) is 13.7. The van der Waals surface area contributed by atoms with Gasteiger partial charge in [0, 0.05) is 23.7 Å². The molecule has 3 nitrogen and oxygen atoms in total. The van der Waals surface area contributed by atoms with Crippen LogP contribution in [0.15, 0.2) is 24.3 Å². The summed E-state index contributed by atoms with van der Waals surface area (Å²) < 4.78 is 0. The molecule has 0 radical (unpaired) electrons. The standard InChI is InChI=1S/C12H14ClNO2/c1-12(16)5-6-14(8-12)11(15)9-3-2-4-10(13)7-9/h2-4,7,16H,5-6,8H2,1H3. The number of nitrogens with zero attached hydrogens (tertiary/aromatic N) is 1. The van der Waals surface area contributed by atoms with Crippen LogP contribution in [0.3, 0.4) is 0 Å². The zero-order chi connectivity index (χ0) is 11.8. The lowest BCUT2D eigenvalue weighted by Crippen LogP contribution is -2.33. The second-order valence-corrected chi connectivity index (χ2v) is 4.92. The normalized spacial score (nSPS) is 24.8. The number of carbonyl (C=O) groups is 1. The maximum Gasteiger partial charge on any atom is 0.254 e. The summed E-state index contributed by atoms with van der Waals surface area (Å²) >= 11 is 5.83. The van der Waals surface area contributed by atoms with Crippen LogP contribution in [0, 0.1) is 0 Å². The third-order valence-electron chi connectivity index (χ3n) is 2.81. The molecule has 4 heteroatoms. The maximum atomic E-state index is 12.0. The van der Waals surface area contributed by atoms with E-state index in [-0.39, 0.29) is 5.91 Å². The minimum atomic E-state index is -0.756. The molecule has 1 amide bonds. The predicted molar refractivity (Wildman–Crippen MR) is 62.6 cm³/mol. The van der Waals surface area contributed by atoms with Crippen LogP contribution in [0.4, 0.5) is 0 Å². The number of hydrogen-bond donors (Lipinski definition) is 1. The van der Waals surface area contributed by atoms with E-state index < -0.39 is 5.60 Å². The molecule has 0 saturated carbocycles. The van der Waals surface area contributed by atoms with Gasteiger partial charge in [0.2, 0.25) is 0 Å². The topological polar surface area (TPSA) is 40.5 Å². The molecule has 1 fully saturated rings. The number of benzene rings is 1. The van der Waals surface area contributed by atoms with Gasteiger partial charge in [0.05, 0.1) is 5.60 Å². The van der Waals surface area contributed by atoms with Gasteiger partial charge in [-0.2, -0.15) is 0 Å². The second-order valence-electron chi connectivity index (χ2n) is 4.48. The summed E-state index contributed by atoms with van der Waals surface area (Å²) in [6, 6.07) is 6.88. The van der Waals surface area contributed by atoms with Gasteiger partial charge < -0.3 is 10.0 Å². The van der Waals surface area contributed by atoms with Crippen molar-refractivity contribution in [3.63, 3.8) is 0 Å². The lowest BCUT2D eigenvalue weighted by atomic mass is 10.1. The molecule has 1 saturated heterocycles. The Kier molecular flexibility index (Phi) is 2.91. The van der Waals surface area contributed by atoms with E-state index in [1.807, 2.05) is 0 Å². The SMILES string of the molecule is CC1(O)CCN(C(=O)c2cccc(Cl)c2)C1. The minimum Gasteiger partial charge on any atom is -0.388 e. The molecule has 16 heavy (non-hydrogen) atoms. The van der Waals surface area contributed by atoms with E-state index in [0.29, 0.717) is 30.1 Å². The second kappa shape index (κ2) is 4.07. The van der Waals surface area contributed by atoms with Crippen molar-refractivity contribution in [2.75, 3.05) is 13.1 Å². The monoisotopic (exact) mass is 239 g/mol. The Morgan fingerprint density at radius 3 is 2.88 bits per heavy atom. The van der Waals surface area contributed by atoms with E-state index in [2.05, 4.69) is 0 Å². The fraction of sp³-hybridized carbons (Fsp3) is 0.417. The molecule has 0 aromatic heterocycles. The van der Waals surface area contributed by atoms with Crippen molar-refractivity contribution in [3.8, 4) is 0 Å². The summed E-state index contributed by atoms with van der Waals surface area (Å²) in [5.41, 5.74) is -0.181. The van der Waals surface area contributed by atoms with Gasteiger partial charge in [0.25, 0.3) is 5.91 Å². The van der Waals surface area contributed by atoms with Crippen molar-refractivity contribution >= 4 is 17.5 Å². The van der Waals surface area contributed by atoms with Crippen LogP contribution in [-0.2, 0) is 0 Å². The summed E-state index contributed by atoms with van der Waals surface area (Å²) in [5, 5.41) is 10.3. The van der Waals surface area contributed by atoms with Gasteiger partial charge in [-0.05, 0) is 31.5 Å². The lowest BCUT2D eigenvalue weighted by molar-refractivity contribution is 0.0572. The molecule has 0 spiro atoms. The summed E-state index contributed by atoms with van der Waals surface area (Å²) in [6.45, 7) is 2.73. The molecule has 1 N–H and O–H groups in total. The van der Waals surface area contributed by atoms with Crippen molar-refractivity contribution in [1.29, 1.82) is 0 Å². The van der Waals surface area contributed by atoms with E-state index in [1.165, 1.54) is 0 Å². The Morgan fingerprint density at radius 2 is 2.31 bits per heavy atom. The van der Waals surface area contributed by atoms with Crippen molar-refractivity contribution in [2.24, 2.45) is 0 Å². The summed E-state index contributed by atoms with van der Waals surface area (Å²) in [7, 11) is 0. The summed E-state index contributed by atoms with van der Waals surface area (Å²) in [5.74, 6) is -0.0692. The Balaban J connectivity index is 2.15. The van der Waals surface area contributed by atoms with Crippen LogP contribution in [-0.4, -0.2) is 34.6 Å². The van der Waals surface area contributed by atoms with Crippen LogP contribution < -0.4 is 0 Å². The van der Waals surface area contributed by atoms with Gasteiger partial charge in [0.1, 0.15) is 0 Å². The van der Waals surface area contributed by atoms with E-state index in [1.54, 1.807) is 36.1 Å². The van der Waals surface area contributed by atoms with Crippen LogP contribution in [0.5, 0.6) is 0 Å². The average Bonchev–Trinajstić information content (AvgIpc) is 2.58. The van der Waals surface area contributed by atoms with Crippen LogP contribution >= 0.6 is 11.6 Å². The van der Waals surface area contributed by atoms with Crippen LogP contribution in [0.25, 0.3) is 0 Å². The predicted octanol–water partition coefficient (Wildman–Crippen LogP) is 1.94. The highest BCUT2D eigenvalue weighted by Crippen LogP contribution is 2.22. The first-order valence-electron chi connectivity index (χ1n) is 5.25. The van der Waals surface area contributed by atoms with Crippen molar-refractivity contribution < 1.29 is 9.90 Å². The first kappa shape index (κ1) is 11.4. The van der Waals surface area contributed by atoms with Gasteiger partial charge in [-0.25, -0.2) is 0 Å². The minimum absolute atomic E-state index is 0.0692. The molecule has 1 aliphatic heterocycles. The average molecular weight is 240 g/mol. The van der Waals surface area contributed by atoms with Crippen LogP contribution in [0.2, 0.25) is 5.02 Å². The van der Waals surface area contributed by atoms with Crippen molar-refractivity contribution in [3.05, 3.63) is 34.9 Å². The van der Waals surface area contributed by atoms with Gasteiger partial charge in [-0.1, -0.05) is 17.7 Å². The van der Waals surface area contributed by atoms with Gasteiger partial charge in [-0.15, -0.1) is 0 Å². The molecule has 0 bridgehead atoms. The molecule has 86 valence electrons. The van der Waals surface area contributed by atoms with Crippen molar-refractivity contribution in [2.45, 2.75) is 18.9 Å². The molecule has 2 rings (SSSR count). The number of carbonyl (C=O) groups excluding carboxylic acids is 1. The Labute approximate surface area is 99.6 Å². The molecule has 1 unspecified atom stereocenters. The fourth-order valence-corrected chi connectivity index (χ4v) is 2.11. The van der Waals surface area contributed by atoms with Gasteiger partial charge in [0.15, 0.2) is 0 Å². The quantitative estimate of drug-likeness (QED) is 0.814. The van der Waals surface area contributed by atoms with E-state index in [9.17, 15) is 9.90 Å². The molecule has 1 aliphatic rings. The third kappa shape index (κ3) is 2.36. The third-order valence-corrected chi connectivity index (χ3v) is 3.05. The molecule has 0 aliphatic carbocycles. The number of hydrogen-bond acceptors (Lipinski definition) is 2. The number of halogens is 1. The highest BCUT2D eigenvalue weighted by atomic mass is 35.5. The van der Waals surface area contributed by atoms with E-state index in [4.69, 9.17) is 11.6 Å². The van der Waals surface area contributed by atoms with Gasteiger partial charge in [-0.3, -0.25) is 4.79 Å². The lowest BCUT2D eigenvalue weighted by Gasteiger charge is -2.19. The Bertz CT molecular complexity index is 417. The number of likely N-dealkylation sites (tertiary alicyclic amines) is 1. The smallest absolute Gasteiger partial charge is 0.254 e. The highest BCUT2D eigenvalue weighted by Gasteiger charge is 2.34. The number of aliphatic hydroxyl groups is 1. The highest BCUT2D eigenvalue weighted by molar-refractivity contribution is 6.30. The molecule has 1 aromatic rings. The zero-order valence-corrected chi connectivity index (χ0v) is 9.87. The van der Waals surface area contributed by atoms with Gasteiger partial charge >= 0.3 is 0 Å². The maximum absolute atomic E-state index is 12.0. The summed E-state index contributed by atoms with van der Waals surface area (Å²) in [6.07, 6.45) is 0.624. The molecule has 1 aromatic carbocycles. The number of rotatable bonds is 1. The zero-order valence-electron chi connectivity index (χ0n) is 9.11. The molecular formula is C12H14ClNO2. The largest absolute Gasteiger partial charge is 0.388 e. The number of amides is 1. The fourth-order valence-electron chi connectivity index (χ4n) is 1.92. The number of β-amino-alcohol motifs (C(OH)–C–C–N with tert-alkyl or cyclic N) is 1. The molecule has 1 atom stereocenters. The first-order chi connectivity index (χ1) is 7.48. The van der Waals surface area contributed by atoms with E-state index >= 15 is 0 Å². The van der Waals surface area contributed by atoms with Crippen LogP contribution in [0.1, 0.15) is 23.7 Å². The Morgan fingerprint density at radius 1 is 1.56 bits per heavy atom. The molecule has 1 heterocycles. The molecular weight excluding hydrogens is 226 g/mol. The Hall–Kier alpha value is -1.06. The van der Waals surface area contributed by atoms with Crippen molar-refractivity contribution in [1.82, 2.24) is 4.90 Å². The van der Waals surface area contributed by atoms with E-state index in [0.717, 1.165) is 0 Å².